The Morgan fingerprint density at radius 3 is 3.05 bits per heavy atom. The van der Waals surface area contributed by atoms with E-state index in [1.54, 1.807) is 0 Å². The van der Waals surface area contributed by atoms with Crippen LogP contribution in [0.2, 0.25) is 0 Å². The van der Waals surface area contributed by atoms with Gasteiger partial charge >= 0.3 is 0 Å². The molecule has 3 rings (SSSR count). The van der Waals surface area contributed by atoms with Gasteiger partial charge in [-0.1, -0.05) is 18.6 Å². The molecule has 1 saturated heterocycles. The Balaban J connectivity index is 1.93. The second-order valence-electron chi connectivity index (χ2n) is 5.79. The summed E-state index contributed by atoms with van der Waals surface area (Å²) in [5.41, 5.74) is 8.46. The molecular weight excluding hydrogens is 246 g/mol. The van der Waals surface area contributed by atoms with Gasteiger partial charge in [-0.2, -0.15) is 0 Å². The average Bonchev–Trinajstić information content (AvgIpc) is 2.50. The maximum Gasteiger partial charge on any atom is 0.0702 e. The van der Waals surface area contributed by atoms with Crippen molar-refractivity contribution in [2.24, 2.45) is 5.73 Å². The normalized spacial score (nSPS) is 22.0. The first-order chi connectivity index (χ1) is 9.79. The molecule has 106 valence electrons. The lowest BCUT2D eigenvalue weighted by Gasteiger charge is -2.39. The molecule has 0 bridgehead atoms. The molecule has 2 heterocycles. The molecule has 0 radical (unpaired) electrons. The summed E-state index contributed by atoms with van der Waals surface area (Å²) in [5, 5.41) is 1.20. The number of pyridine rings is 1. The lowest BCUT2D eigenvalue weighted by atomic mass is 9.96. The van der Waals surface area contributed by atoms with E-state index in [9.17, 15) is 0 Å². The number of nitrogens with two attached hydrogens (primary N) is 1. The maximum atomic E-state index is 6.08. The van der Waals surface area contributed by atoms with E-state index in [4.69, 9.17) is 5.73 Å². The number of fused-ring (bicyclic) bond motifs is 1. The van der Waals surface area contributed by atoms with E-state index >= 15 is 0 Å². The fourth-order valence-corrected chi connectivity index (χ4v) is 3.35. The van der Waals surface area contributed by atoms with E-state index in [1.807, 2.05) is 12.3 Å². The average molecular weight is 269 g/mol. The third-order valence-corrected chi connectivity index (χ3v) is 4.49. The van der Waals surface area contributed by atoms with Crippen molar-refractivity contribution in [2.45, 2.75) is 38.3 Å². The molecule has 1 aromatic carbocycles. The molecule has 0 aliphatic carbocycles. The molecule has 20 heavy (non-hydrogen) atoms. The predicted molar refractivity (Wildman–Crippen MR) is 83.6 cm³/mol. The Hall–Kier alpha value is -1.45. The van der Waals surface area contributed by atoms with E-state index in [-0.39, 0.29) is 0 Å². The number of likely N-dealkylation sites (tertiary alicyclic amines) is 1. The summed E-state index contributed by atoms with van der Waals surface area (Å²) < 4.78 is 0. The van der Waals surface area contributed by atoms with Crippen LogP contribution in [-0.2, 0) is 0 Å². The summed E-state index contributed by atoms with van der Waals surface area (Å²) in [4.78, 5) is 6.96. The number of piperidine rings is 1. The van der Waals surface area contributed by atoms with Crippen molar-refractivity contribution in [3.05, 3.63) is 42.1 Å². The molecule has 2 N–H and O–H groups in total. The highest BCUT2D eigenvalue weighted by molar-refractivity contribution is 5.79. The number of rotatable bonds is 3. The SMILES string of the molecule is CC1CCCCN1C(CN)c1ccc2ncccc2c1. The summed E-state index contributed by atoms with van der Waals surface area (Å²) in [6.45, 7) is 4.16. The van der Waals surface area contributed by atoms with Crippen LogP contribution in [0, 0.1) is 0 Å². The third kappa shape index (κ3) is 2.56. The number of benzene rings is 1. The lowest BCUT2D eigenvalue weighted by Crippen LogP contribution is -2.43. The van der Waals surface area contributed by atoms with Gasteiger partial charge in [0, 0.05) is 30.2 Å². The highest BCUT2D eigenvalue weighted by Gasteiger charge is 2.26. The molecule has 2 unspecified atom stereocenters. The van der Waals surface area contributed by atoms with Gasteiger partial charge in [0.05, 0.1) is 5.52 Å². The molecule has 1 aromatic heterocycles. The minimum absolute atomic E-state index is 0.329. The number of aromatic nitrogens is 1. The van der Waals surface area contributed by atoms with E-state index in [2.05, 4.69) is 41.1 Å². The monoisotopic (exact) mass is 269 g/mol. The van der Waals surface area contributed by atoms with Crippen molar-refractivity contribution in [3.8, 4) is 0 Å². The van der Waals surface area contributed by atoms with Gasteiger partial charge in [0.2, 0.25) is 0 Å². The van der Waals surface area contributed by atoms with Crippen molar-refractivity contribution >= 4 is 10.9 Å². The van der Waals surface area contributed by atoms with Crippen LogP contribution in [0.5, 0.6) is 0 Å². The first-order valence-electron chi connectivity index (χ1n) is 7.60. The van der Waals surface area contributed by atoms with Gasteiger partial charge in [-0.25, -0.2) is 0 Å². The van der Waals surface area contributed by atoms with Gasteiger partial charge in [0.1, 0.15) is 0 Å². The Morgan fingerprint density at radius 2 is 2.25 bits per heavy atom. The first-order valence-corrected chi connectivity index (χ1v) is 7.60. The summed E-state index contributed by atoms with van der Waals surface area (Å²) >= 11 is 0. The van der Waals surface area contributed by atoms with Crippen molar-refractivity contribution in [3.63, 3.8) is 0 Å². The van der Waals surface area contributed by atoms with Gasteiger partial charge in [-0.3, -0.25) is 9.88 Å². The van der Waals surface area contributed by atoms with Crippen LogP contribution in [0.15, 0.2) is 36.5 Å². The number of hydrogen-bond acceptors (Lipinski definition) is 3. The van der Waals surface area contributed by atoms with Crippen molar-refractivity contribution in [1.29, 1.82) is 0 Å². The Morgan fingerprint density at radius 1 is 1.35 bits per heavy atom. The number of nitrogens with zero attached hydrogens (tertiary/aromatic N) is 2. The van der Waals surface area contributed by atoms with Gasteiger partial charge < -0.3 is 5.73 Å². The molecule has 3 nitrogen and oxygen atoms in total. The van der Waals surface area contributed by atoms with E-state index in [0.717, 1.165) is 12.1 Å². The molecule has 1 aliphatic heterocycles. The quantitative estimate of drug-likeness (QED) is 0.931. The Bertz CT molecular complexity index is 581. The first kappa shape index (κ1) is 13.5. The van der Waals surface area contributed by atoms with Crippen molar-refractivity contribution in [1.82, 2.24) is 9.88 Å². The highest BCUT2D eigenvalue weighted by Crippen LogP contribution is 2.29. The maximum absolute atomic E-state index is 6.08. The fourth-order valence-electron chi connectivity index (χ4n) is 3.35. The van der Waals surface area contributed by atoms with Gasteiger partial charge in [0.25, 0.3) is 0 Å². The van der Waals surface area contributed by atoms with Crippen LogP contribution in [0.3, 0.4) is 0 Å². The smallest absolute Gasteiger partial charge is 0.0702 e. The van der Waals surface area contributed by atoms with Crippen molar-refractivity contribution in [2.75, 3.05) is 13.1 Å². The second-order valence-corrected chi connectivity index (χ2v) is 5.79. The summed E-state index contributed by atoms with van der Waals surface area (Å²) in [5.74, 6) is 0. The van der Waals surface area contributed by atoms with E-state index in [0.29, 0.717) is 18.6 Å². The Kier molecular flexibility index (Phi) is 3.99. The van der Waals surface area contributed by atoms with Crippen LogP contribution in [0.1, 0.15) is 37.8 Å². The predicted octanol–water partition coefficient (Wildman–Crippen LogP) is 3.11. The molecule has 1 fully saturated rings. The zero-order chi connectivity index (χ0) is 13.9. The van der Waals surface area contributed by atoms with Gasteiger partial charge in [0.15, 0.2) is 0 Å². The molecule has 2 aromatic rings. The topological polar surface area (TPSA) is 42.1 Å². The Labute approximate surface area is 120 Å². The van der Waals surface area contributed by atoms with E-state index in [1.165, 1.54) is 30.2 Å². The standard InChI is InChI=1S/C17H23N3/c1-13-5-2-3-10-20(13)17(12-18)15-7-8-16-14(11-15)6-4-9-19-16/h4,6-9,11,13,17H,2-3,5,10,12,18H2,1H3. The van der Waals surface area contributed by atoms with Crippen LogP contribution in [0.4, 0.5) is 0 Å². The molecular formula is C17H23N3. The van der Waals surface area contributed by atoms with Gasteiger partial charge in [-0.05, 0) is 50.1 Å². The molecule has 2 atom stereocenters. The minimum atomic E-state index is 0.329. The fraction of sp³-hybridized carbons (Fsp3) is 0.471. The molecule has 1 aliphatic rings. The van der Waals surface area contributed by atoms with Crippen LogP contribution >= 0.6 is 0 Å². The molecule has 3 heteroatoms. The number of hydrogen-bond donors (Lipinski definition) is 1. The molecule has 0 amide bonds. The van der Waals surface area contributed by atoms with Gasteiger partial charge in [-0.15, -0.1) is 0 Å². The molecule has 0 spiro atoms. The lowest BCUT2D eigenvalue weighted by molar-refractivity contribution is 0.109. The largest absolute Gasteiger partial charge is 0.329 e. The summed E-state index contributed by atoms with van der Waals surface area (Å²) in [7, 11) is 0. The second kappa shape index (κ2) is 5.90. The zero-order valence-corrected chi connectivity index (χ0v) is 12.1. The van der Waals surface area contributed by atoms with Crippen LogP contribution < -0.4 is 5.73 Å². The summed E-state index contributed by atoms with van der Waals surface area (Å²) in [6.07, 6.45) is 5.76. The van der Waals surface area contributed by atoms with Crippen LogP contribution in [-0.4, -0.2) is 29.0 Å². The van der Waals surface area contributed by atoms with E-state index < -0.39 is 0 Å². The minimum Gasteiger partial charge on any atom is -0.329 e. The van der Waals surface area contributed by atoms with Crippen molar-refractivity contribution < 1.29 is 0 Å². The highest BCUT2D eigenvalue weighted by atomic mass is 15.2. The summed E-state index contributed by atoms with van der Waals surface area (Å²) in [6, 6.07) is 11.6. The van der Waals surface area contributed by atoms with Crippen LogP contribution in [0.25, 0.3) is 10.9 Å². The third-order valence-electron chi connectivity index (χ3n) is 4.49. The molecule has 0 saturated carbocycles. The zero-order valence-electron chi connectivity index (χ0n) is 12.1.